The number of carbonyl (C=O) groups excluding carboxylic acids is 1. The van der Waals surface area contributed by atoms with Crippen molar-refractivity contribution in [3.63, 3.8) is 0 Å². The van der Waals surface area contributed by atoms with Crippen molar-refractivity contribution in [3.8, 4) is 0 Å². The minimum atomic E-state index is -0.0651. The molecule has 1 aliphatic heterocycles. The normalized spacial score (nSPS) is 17.7. The first-order valence-corrected chi connectivity index (χ1v) is 9.59. The summed E-state index contributed by atoms with van der Waals surface area (Å²) in [7, 11) is 2.03. The topological polar surface area (TPSA) is 58.8 Å². The van der Waals surface area contributed by atoms with Gasteiger partial charge in [-0.15, -0.1) is 0 Å². The Morgan fingerprint density at radius 3 is 2.81 bits per heavy atom. The first-order chi connectivity index (χ1) is 13.0. The lowest BCUT2D eigenvalue weighted by molar-refractivity contribution is -0.00794. The molecule has 1 saturated heterocycles. The molecule has 1 fully saturated rings. The van der Waals surface area contributed by atoms with Crippen LogP contribution in [0.3, 0.4) is 0 Å². The summed E-state index contributed by atoms with van der Waals surface area (Å²) < 4.78 is 11.0. The second-order valence-corrected chi connectivity index (χ2v) is 7.69. The zero-order valence-corrected chi connectivity index (χ0v) is 16.4. The molecule has 2 heterocycles. The highest BCUT2D eigenvalue weighted by Gasteiger charge is 2.30. The first kappa shape index (κ1) is 19.6. The smallest absolute Gasteiger partial charge is 0.276 e. The SMILES string of the molecule is CC(C)C[C@@H]1COCCN1C(=O)c1cc(CN(C)Cc2ccccc2)on1. The number of rotatable bonds is 7. The molecule has 0 spiro atoms. The predicted octanol–water partition coefficient (Wildman–Crippen LogP) is 3.19. The van der Waals surface area contributed by atoms with Crippen LogP contribution in [0.2, 0.25) is 0 Å². The molecule has 1 atom stereocenters. The van der Waals surface area contributed by atoms with Crippen molar-refractivity contribution in [3.05, 3.63) is 53.4 Å². The lowest BCUT2D eigenvalue weighted by Gasteiger charge is -2.36. The summed E-state index contributed by atoms with van der Waals surface area (Å²) in [6.45, 7) is 7.51. The molecule has 1 amide bonds. The maximum absolute atomic E-state index is 12.9. The van der Waals surface area contributed by atoms with E-state index in [1.807, 2.05) is 30.1 Å². The van der Waals surface area contributed by atoms with Crippen LogP contribution in [0.5, 0.6) is 0 Å². The molecule has 0 bridgehead atoms. The molecule has 0 unspecified atom stereocenters. The monoisotopic (exact) mass is 371 g/mol. The molecule has 1 aliphatic rings. The molecule has 1 aromatic heterocycles. The molecule has 6 heteroatoms. The van der Waals surface area contributed by atoms with E-state index in [2.05, 4.69) is 36.0 Å². The summed E-state index contributed by atoms with van der Waals surface area (Å²) in [6, 6.07) is 12.1. The number of amides is 1. The summed E-state index contributed by atoms with van der Waals surface area (Å²) in [4.78, 5) is 16.9. The lowest BCUT2D eigenvalue weighted by Crippen LogP contribution is -2.49. The van der Waals surface area contributed by atoms with Crippen LogP contribution >= 0.6 is 0 Å². The molecular formula is C21H29N3O3. The maximum Gasteiger partial charge on any atom is 0.276 e. The van der Waals surface area contributed by atoms with Crippen LogP contribution < -0.4 is 0 Å². The molecule has 0 N–H and O–H groups in total. The number of nitrogens with zero attached hydrogens (tertiary/aromatic N) is 3. The van der Waals surface area contributed by atoms with E-state index in [1.54, 1.807) is 6.07 Å². The summed E-state index contributed by atoms with van der Waals surface area (Å²) in [5.74, 6) is 1.14. The van der Waals surface area contributed by atoms with Gasteiger partial charge in [-0.3, -0.25) is 9.69 Å². The predicted molar refractivity (Wildman–Crippen MR) is 103 cm³/mol. The minimum absolute atomic E-state index is 0.0651. The van der Waals surface area contributed by atoms with Crippen molar-refractivity contribution in [2.45, 2.75) is 39.4 Å². The highest BCUT2D eigenvalue weighted by Crippen LogP contribution is 2.19. The number of benzene rings is 1. The fourth-order valence-corrected chi connectivity index (χ4v) is 3.51. The summed E-state index contributed by atoms with van der Waals surface area (Å²) in [5.41, 5.74) is 1.62. The summed E-state index contributed by atoms with van der Waals surface area (Å²) in [5, 5.41) is 4.03. The van der Waals surface area contributed by atoms with E-state index < -0.39 is 0 Å². The van der Waals surface area contributed by atoms with Gasteiger partial charge in [0, 0.05) is 19.2 Å². The van der Waals surface area contributed by atoms with Gasteiger partial charge in [-0.1, -0.05) is 49.3 Å². The fraction of sp³-hybridized carbons (Fsp3) is 0.524. The van der Waals surface area contributed by atoms with E-state index in [0.717, 1.165) is 13.0 Å². The zero-order chi connectivity index (χ0) is 19.2. The van der Waals surface area contributed by atoms with Crippen molar-refractivity contribution >= 4 is 5.91 Å². The zero-order valence-electron chi connectivity index (χ0n) is 16.4. The Hall–Kier alpha value is -2.18. The number of carbonyl (C=O) groups is 1. The van der Waals surface area contributed by atoms with Gasteiger partial charge in [0.25, 0.3) is 5.91 Å². The second kappa shape index (κ2) is 9.15. The summed E-state index contributed by atoms with van der Waals surface area (Å²) >= 11 is 0. The van der Waals surface area contributed by atoms with Crippen LogP contribution in [0.1, 0.15) is 42.1 Å². The van der Waals surface area contributed by atoms with Gasteiger partial charge in [0.15, 0.2) is 11.5 Å². The third-order valence-corrected chi connectivity index (χ3v) is 4.73. The van der Waals surface area contributed by atoms with Gasteiger partial charge in [-0.2, -0.15) is 0 Å². The molecule has 0 aliphatic carbocycles. The maximum atomic E-state index is 12.9. The highest BCUT2D eigenvalue weighted by atomic mass is 16.5. The number of morpholine rings is 1. The van der Waals surface area contributed by atoms with Crippen molar-refractivity contribution in [2.24, 2.45) is 5.92 Å². The van der Waals surface area contributed by atoms with Crippen molar-refractivity contribution in [1.82, 2.24) is 15.0 Å². The largest absolute Gasteiger partial charge is 0.377 e. The Balaban J connectivity index is 1.61. The van der Waals surface area contributed by atoms with Gasteiger partial charge in [0.05, 0.1) is 25.8 Å². The number of hydrogen-bond donors (Lipinski definition) is 0. The van der Waals surface area contributed by atoms with Crippen molar-refractivity contribution in [1.29, 1.82) is 0 Å². The van der Waals surface area contributed by atoms with E-state index >= 15 is 0 Å². The van der Waals surface area contributed by atoms with Crippen LogP contribution in [0.4, 0.5) is 0 Å². The molecule has 146 valence electrons. The number of ether oxygens (including phenoxy) is 1. The molecule has 1 aromatic carbocycles. The van der Waals surface area contributed by atoms with Gasteiger partial charge >= 0.3 is 0 Å². The van der Waals surface area contributed by atoms with Crippen LogP contribution in [0, 0.1) is 5.92 Å². The second-order valence-electron chi connectivity index (χ2n) is 7.69. The van der Waals surface area contributed by atoms with E-state index in [0.29, 0.717) is 43.7 Å². The van der Waals surface area contributed by atoms with Crippen LogP contribution in [0.25, 0.3) is 0 Å². The van der Waals surface area contributed by atoms with Gasteiger partial charge in [-0.05, 0) is 24.9 Å². The third-order valence-electron chi connectivity index (χ3n) is 4.73. The van der Waals surface area contributed by atoms with Crippen molar-refractivity contribution < 1.29 is 14.1 Å². The van der Waals surface area contributed by atoms with Crippen molar-refractivity contribution in [2.75, 3.05) is 26.8 Å². The Labute approximate surface area is 161 Å². The molecule has 0 radical (unpaired) electrons. The summed E-state index contributed by atoms with van der Waals surface area (Å²) in [6.07, 6.45) is 0.927. The van der Waals surface area contributed by atoms with E-state index in [9.17, 15) is 4.79 Å². The van der Waals surface area contributed by atoms with E-state index in [4.69, 9.17) is 9.26 Å². The quantitative estimate of drug-likeness (QED) is 0.748. The Bertz CT molecular complexity index is 729. The van der Waals surface area contributed by atoms with Crippen LogP contribution in [-0.2, 0) is 17.8 Å². The molecule has 2 aromatic rings. The average molecular weight is 371 g/mol. The fourth-order valence-electron chi connectivity index (χ4n) is 3.51. The molecule has 27 heavy (non-hydrogen) atoms. The van der Waals surface area contributed by atoms with Gasteiger partial charge in [-0.25, -0.2) is 0 Å². The van der Waals surface area contributed by atoms with Gasteiger partial charge in [0.2, 0.25) is 0 Å². The molecular weight excluding hydrogens is 342 g/mol. The van der Waals surface area contributed by atoms with E-state index in [1.165, 1.54) is 5.56 Å². The van der Waals surface area contributed by atoms with E-state index in [-0.39, 0.29) is 11.9 Å². The van der Waals surface area contributed by atoms with Crippen LogP contribution in [0.15, 0.2) is 40.9 Å². The van der Waals surface area contributed by atoms with Gasteiger partial charge in [0.1, 0.15) is 0 Å². The Kier molecular flexibility index (Phi) is 6.63. The number of hydrogen-bond acceptors (Lipinski definition) is 5. The minimum Gasteiger partial charge on any atom is -0.377 e. The highest BCUT2D eigenvalue weighted by molar-refractivity contribution is 5.92. The third kappa shape index (κ3) is 5.40. The average Bonchev–Trinajstić information content (AvgIpc) is 3.10. The Morgan fingerprint density at radius 1 is 1.30 bits per heavy atom. The Morgan fingerprint density at radius 2 is 2.07 bits per heavy atom. The van der Waals surface area contributed by atoms with Gasteiger partial charge < -0.3 is 14.2 Å². The van der Waals surface area contributed by atoms with Crippen LogP contribution in [-0.4, -0.2) is 53.7 Å². The molecule has 6 nitrogen and oxygen atoms in total. The molecule has 3 rings (SSSR count). The number of aromatic nitrogens is 1. The first-order valence-electron chi connectivity index (χ1n) is 9.59. The standard InChI is InChI=1S/C21H29N3O3/c1-16(2)11-18-15-26-10-9-24(18)21(25)20-12-19(27-22-20)14-23(3)13-17-7-5-4-6-8-17/h4-8,12,16,18H,9-11,13-15H2,1-3H3/t18-/m1/s1. The molecule has 0 saturated carbocycles. The lowest BCUT2D eigenvalue weighted by atomic mass is 10.0.